The summed E-state index contributed by atoms with van der Waals surface area (Å²) in [6, 6.07) is 0.494. The van der Waals surface area contributed by atoms with E-state index in [9.17, 15) is 0 Å². The number of rotatable bonds is 6. The highest BCUT2D eigenvalue weighted by atomic mass is 16.5. The van der Waals surface area contributed by atoms with Crippen LogP contribution in [0.15, 0.2) is 0 Å². The largest absolute Gasteiger partial charge is 0.383 e. The molecule has 0 amide bonds. The van der Waals surface area contributed by atoms with Crippen LogP contribution in [0, 0.1) is 0 Å². The lowest BCUT2D eigenvalue weighted by Gasteiger charge is -2.39. The van der Waals surface area contributed by atoms with Gasteiger partial charge in [-0.2, -0.15) is 0 Å². The second-order valence-corrected chi connectivity index (χ2v) is 6.21. The van der Waals surface area contributed by atoms with E-state index in [1.807, 2.05) is 0 Å². The molecule has 1 heterocycles. The predicted octanol–water partition coefficient (Wildman–Crippen LogP) is 1.03. The lowest BCUT2D eigenvalue weighted by molar-refractivity contribution is 0.0484. The first-order valence-corrected chi connectivity index (χ1v) is 7.16. The lowest BCUT2D eigenvalue weighted by Crippen LogP contribution is -2.55. The molecule has 18 heavy (non-hydrogen) atoms. The molecule has 0 radical (unpaired) electrons. The SMILES string of the molecule is CCN1CCN(C(CNC(C)(C)C)COC)CC1. The first-order chi connectivity index (χ1) is 8.46. The fraction of sp³-hybridized carbons (Fsp3) is 1.00. The number of hydrogen-bond donors (Lipinski definition) is 1. The normalized spacial score (nSPS) is 21.2. The average Bonchev–Trinajstić information content (AvgIpc) is 2.33. The van der Waals surface area contributed by atoms with Crippen molar-refractivity contribution in [2.24, 2.45) is 0 Å². The summed E-state index contributed by atoms with van der Waals surface area (Å²) in [4.78, 5) is 5.08. The minimum absolute atomic E-state index is 0.178. The Balaban J connectivity index is 2.41. The third kappa shape index (κ3) is 5.65. The number of piperazine rings is 1. The molecule has 0 bridgehead atoms. The standard InChI is InChI=1S/C14H31N3O/c1-6-16-7-9-17(10-8-16)13(12-18-5)11-15-14(2,3)4/h13,15H,6-12H2,1-5H3. The third-order valence-corrected chi connectivity index (χ3v) is 3.60. The Bertz CT molecular complexity index is 220. The summed E-state index contributed by atoms with van der Waals surface area (Å²) in [5, 5.41) is 3.59. The predicted molar refractivity (Wildman–Crippen MR) is 77.1 cm³/mol. The van der Waals surface area contributed by atoms with Crippen LogP contribution >= 0.6 is 0 Å². The summed E-state index contributed by atoms with van der Waals surface area (Å²) in [5.41, 5.74) is 0.178. The zero-order valence-corrected chi connectivity index (χ0v) is 12.8. The van der Waals surface area contributed by atoms with Crippen molar-refractivity contribution in [2.45, 2.75) is 39.3 Å². The molecular formula is C14H31N3O. The Morgan fingerprint density at radius 3 is 2.22 bits per heavy atom. The maximum atomic E-state index is 5.38. The summed E-state index contributed by atoms with van der Waals surface area (Å²) in [5.74, 6) is 0. The van der Waals surface area contributed by atoms with Crippen molar-refractivity contribution in [1.29, 1.82) is 0 Å². The van der Waals surface area contributed by atoms with E-state index in [2.05, 4.69) is 42.8 Å². The van der Waals surface area contributed by atoms with Gasteiger partial charge in [0.2, 0.25) is 0 Å². The van der Waals surface area contributed by atoms with E-state index in [0.29, 0.717) is 6.04 Å². The van der Waals surface area contributed by atoms with E-state index < -0.39 is 0 Å². The van der Waals surface area contributed by atoms with Crippen molar-refractivity contribution in [1.82, 2.24) is 15.1 Å². The molecule has 1 rings (SSSR count). The van der Waals surface area contributed by atoms with Gasteiger partial charge >= 0.3 is 0 Å². The molecule has 1 saturated heterocycles. The molecule has 0 aromatic heterocycles. The first-order valence-electron chi connectivity index (χ1n) is 7.16. The van der Waals surface area contributed by atoms with Gasteiger partial charge in [0, 0.05) is 51.4 Å². The highest BCUT2D eigenvalue weighted by Crippen LogP contribution is 2.08. The third-order valence-electron chi connectivity index (χ3n) is 3.60. The van der Waals surface area contributed by atoms with Gasteiger partial charge in [-0.25, -0.2) is 0 Å². The van der Waals surface area contributed by atoms with E-state index in [4.69, 9.17) is 4.74 Å². The van der Waals surface area contributed by atoms with Gasteiger partial charge in [-0.1, -0.05) is 6.92 Å². The van der Waals surface area contributed by atoms with Crippen molar-refractivity contribution in [3.05, 3.63) is 0 Å². The van der Waals surface area contributed by atoms with Gasteiger partial charge in [0.25, 0.3) is 0 Å². The van der Waals surface area contributed by atoms with Crippen LogP contribution in [0.25, 0.3) is 0 Å². The van der Waals surface area contributed by atoms with Crippen LogP contribution in [-0.2, 0) is 4.74 Å². The minimum atomic E-state index is 0.178. The Hall–Kier alpha value is -0.160. The molecule has 0 aromatic carbocycles. The van der Waals surface area contributed by atoms with Crippen LogP contribution < -0.4 is 5.32 Å². The summed E-state index contributed by atoms with van der Waals surface area (Å²) in [6.07, 6.45) is 0. The Morgan fingerprint density at radius 1 is 1.17 bits per heavy atom. The molecule has 1 unspecified atom stereocenters. The van der Waals surface area contributed by atoms with E-state index >= 15 is 0 Å². The van der Waals surface area contributed by atoms with Gasteiger partial charge in [-0.05, 0) is 27.3 Å². The molecule has 0 aromatic rings. The van der Waals surface area contributed by atoms with Gasteiger partial charge in [-0.15, -0.1) is 0 Å². The summed E-state index contributed by atoms with van der Waals surface area (Å²) in [6.45, 7) is 16.6. The molecule has 1 aliphatic rings. The molecule has 108 valence electrons. The van der Waals surface area contributed by atoms with E-state index in [-0.39, 0.29) is 5.54 Å². The minimum Gasteiger partial charge on any atom is -0.383 e. The van der Waals surface area contributed by atoms with Crippen LogP contribution in [0.5, 0.6) is 0 Å². The van der Waals surface area contributed by atoms with E-state index in [0.717, 1.165) is 26.2 Å². The molecule has 4 heteroatoms. The second-order valence-electron chi connectivity index (χ2n) is 6.21. The maximum absolute atomic E-state index is 5.38. The number of ether oxygens (including phenoxy) is 1. The van der Waals surface area contributed by atoms with Crippen molar-refractivity contribution < 1.29 is 4.74 Å². The molecule has 0 saturated carbocycles. The van der Waals surface area contributed by atoms with Crippen molar-refractivity contribution >= 4 is 0 Å². The van der Waals surface area contributed by atoms with Crippen LogP contribution in [-0.4, -0.2) is 74.4 Å². The van der Waals surface area contributed by atoms with Crippen molar-refractivity contribution in [3.8, 4) is 0 Å². The number of nitrogens with zero attached hydrogens (tertiary/aromatic N) is 2. The number of nitrogens with one attached hydrogen (secondary N) is 1. The van der Waals surface area contributed by atoms with Crippen LogP contribution in [0.3, 0.4) is 0 Å². The summed E-state index contributed by atoms with van der Waals surface area (Å²) < 4.78 is 5.38. The lowest BCUT2D eigenvalue weighted by atomic mass is 10.1. The van der Waals surface area contributed by atoms with E-state index in [1.54, 1.807) is 7.11 Å². The Morgan fingerprint density at radius 2 is 1.78 bits per heavy atom. The summed E-state index contributed by atoms with van der Waals surface area (Å²) >= 11 is 0. The average molecular weight is 257 g/mol. The fourth-order valence-electron chi connectivity index (χ4n) is 2.35. The number of likely N-dealkylation sites (N-methyl/N-ethyl adjacent to an activating group) is 1. The van der Waals surface area contributed by atoms with Crippen LogP contribution in [0.4, 0.5) is 0 Å². The maximum Gasteiger partial charge on any atom is 0.0630 e. The van der Waals surface area contributed by atoms with Gasteiger partial charge in [0.15, 0.2) is 0 Å². The van der Waals surface area contributed by atoms with Crippen molar-refractivity contribution in [3.63, 3.8) is 0 Å². The highest BCUT2D eigenvalue weighted by molar-refractivity contribution is 4.82. The molecular weight excluding hydrogens is 226 g/mol. The van der Waals surface area contributed by atoms with Crippen molar-refractivity contribution in [2.75, 3.05) is 53.0 Å². The van der Waals surface area contributed by atoms with Gasteiger partial charge in [0.1, 0.15) is 0 Å². The Kier molecular flexibility index (Phi) is 6.57. The topological polar surface area (TPSA) is 27.7 Å². The molecule has 0 aliphatic carbocycles. The second kappa shape index (κ2) is 7.43. The molecule has 4 nitrogen and oxygen atoms in total. The summed E-state index contributed by atoms with van der Waals surface area (Å²) in [7, 11) is 1.80. The monoisotopic (exact) mass is 257 g/mol. The molecule has 0 spiro atoms. The van der Waals surface area contributed by atoms with Gasteiger partial charge in [0.05, 0.1) is 6.61 Å². The van der Waals surface area contributed by atoms with Gasteiger partial charge in [-0.3, -0.25) is 4.90 Å². The zero-order chi connectivity index (χ0) is 13.6. The highest BCUT2D eigenvalue weighted by Gasteiger charge is 2.24. The quantitative estimate of drug-likeness (QED) is 0.769. The number of methoxy groups -OCH3 is 1. The molecule has 1 aliphatic heterocycles. The number of hydrogen-bond acceptors (Lipinski definition) is 4. The Labute approximate surface area is 113 Å². The smallest absolute Gasteiger partial charge is 0.0630 e. The van der Waals surface area contributed by atoms with Crippen LogP contribution in [0.2, 0.25) is 0 Å². The molecule has 1 N–H and O–H groups in total. The zero-order valence-electron chi connectivity index (χ0n) is 12.8. The van der Waals surface area contributed by atoms with E-state index in [1.165, 1.54) is 19.6 Å². The molecule has 1 fully saturated rings. The fourth-order valence-corrected chi connectivity index (χ4v) is 2.35. The van der Waals surface area contributed by atoms with Gasteiger partial charge < -0.3 is 15.0 Å². The van der Waals surface area contributed by atoms with Crippen LogP contribution in [0.1, 0.15) is 27.7 Å². The first kappa shape index (κ1) is 15.9. The molecule has 1 atom stereocenters.